The van der Waals surface area contributed by atoms with Gasteiger partial charge in [-0.25, -0.2) is 13.1 Å². The number of sulfonamides is 1. The molecule has 0 aromatic heterocycles. The zero-order valence-corrected chi connectivity index (χ0v) is 18.3. The van der Waals surface area contributed by atoms with Crippen molar-refractivity contribution >= 4 is 21.6 Å². The topological polar surface area (TPSA) is 93.7 Å². The maximum absolute atomic E-state index is 12.9. The lowest BCUT2D eigenvalue weighted by Crippen LogP contribution is -2.24. The van der Waals surface area contributed by atoms with Crippen LogP contribution in [0, 0.1) is 6.92 Å². The molecule has 0 aliphatic rings. The van der Waals surface area contributed by atoms with Crippen LogP contribution in [0.1, 0.15) is 21.5 Å². The molecule has 0 aliphatic carbocycles. The van der Waals surface area contributed by atoms with Crippen LogP contribution < -0.4 is 19.5 Å². The van der Waals surface area contributed by atoms with Gasteiger partial charge < -0.3 is 14.8 Å². The molecule has 31 heavy (non-hydrogen) atoms. The van der Waals surface area contributed by atoms with E-state index in [1.54, 1.807) is 12.1 Å². The Morgan fingerprint density at radius 2 is 1.58 bits per heavy atom. The molecule has 1 amide bonds. The lowest BCUT2D eigenvalue weighted by atomic mass is 10.1. The Morgan fingerprint density at radius 3 is 2.26 bits per heavy atom. The fraction of sp³-hybridized carbons (Fsp3) is 0.174. The third-order valence-electron chi connectivity index (χ3n) is 4.63. The van der Waals surface area contributed by atoms with Gasteiger partial charge >= 0.3 is 0 Å². The average molecular weight is 441 g/mol. The number of anilines is 1. The molecule has 0 heterocycles. The Kier molecular flexibility index (Phi) is 6.94. The molecule has 7 nitrogen and oxygen atoms in total. The molecule has 0 atom stereocenters. The van der Waals surface area contributed by atoms with Gasteiger partial charge in [0.25, 0.3) is 5.91 Å². The van der Waals surface area contributed by atoms with Crippen molar-refractivity contribution in [3.63, 3.8) is 0 Å². The number of nitrogens with one attached hydrogen (secondary N) is 2. The normalized spacial score (nSPS) is 11.1. The standard InChI is InChI=1S/C23H24N2O5S/c1-16-9-11-20(29-2)19(13-16)25-23(26)18-10-12-21(30-3)22(14-18)31(27,28)24-15-17-7-5-4-6-8-17/h4-14,24H,15H2,1-3H3,(H,25,26). The number of amides is 1. The third-order valence-corrected chi connectivity index (χ3v) is 6.05. The quantitative estimate of drug-likeness (QED) is 0.557. The van der Waals surface area contributed by atoms with Crippen LogP contribution in [-0.4, -0.2) is 28.5 Å². The summed E-state index contributed by atoms with van der Waals surface area (Å²) in [5, 5.41) is 2.77. The second-order valence-electron chi connectivity index (χ2n) is 6.83. The largest absolute Gasteiger partial charge is 0.495 e. The van der Waals surface area contributed by atoms with E-state index >= 15 is 0 Å². The SMILES string of the molecule is COc1ccc(C)cc1NC(=O)c1ccc(OC)c(S(=O)(=O)NCc2ccccc2)c1. The first-order valence-corrected chi connectivity index (χ1v) is 11.0. The Labute approximate surface area is 182 Å². The summed E-state index contributed by atoms with van der Waals surface area (Å²) in [4.78, 5) is 12.7. The number of rotatable bonds is 8. The Bertz CT molecular complexity index is 1180. The minimum Gasteiger partial charge on any atom is -0.495 e. The molecule has 3 aromatic rings. The molecular weight excluding hydrogens is 416 g/mol. The van der Waals surface area contributed by atoms with E-state index < -0.39 is 15.9 Å². The first-order chi connectivity index (χ1) is 14.8. The molecule has 0 unspecified atom stereocenters. The maximum Gasteiger partial charge on any atom is 0.255 e. The van der Waals surface area contributed by atoms with E-state index in [-0.39, 0.29) is 22.8 Å². The Balaban J connectivity index is 1.87. The van der Waals surface area contributed by atoms with Crippen molar-refractivity contribution in [1.29, 1.82) is 0 Å². The molecule has 0 radical (unpaired) electrons. The van der Waals surface area contributed by atoms with Gasteiger partial charge in [-0.1, -0.05) is 36.4 Å². The van der Waals surface area contributed by atoms with Crippen molar-refractivity contribution in [3.8, 4) is 11.5 Å². The van der Waals surface area contributed by atoms with Crippen molar-refractivity contribution in [2.24, 2.45) is 0 Å². The summed E-state index contributed by atoms with van der Waals surface area (Å²) >= 11 is 0. The van der Waals surface area contributed by atoms with E-state index in [1.165, 1.54) is 32.4 Å². The Morgan fingerprint density at radius 1 is 0.903 bits per heavy atom. The first-order valence-electron chi connectivity index (χ1n) is 9.51. The second-order valence-corrected chi connectivity index (χ2v) is 8.57. The van der Waals surface area contributed by atoms with Gasteiger partial charge in [-0.15, -0.1) is 0 Å². The summed E-state index contributed by atoms with van der Waals surface area (Å²) in [5.74, 6) is 0.182. The van der Waals surface area contributed by atoms with Gasteiger partial charge in [0.1, 0.15) is 16.4 Å². The first kappa shape index (κ1) is 22.3. The number of carbonyl (C=O) groups is 1. The van der Waals surface area contributed by atoms with Gasteiger partial charge in [0.2, 0.25) is 10.0 Å². The molecule has 3 rings (SSSR count). The van der Waals surface area contributed by atoms with Crippen LogP contribution in [0.5, 0.6) is 11.5 Å². The minimum absolute atomic E-state index is 0.114. The number of aryl methyl sites for hydroxylation is 1. The number of hydrogen-bond donors (Lipinski definition) is 2. The summed E-state index contributed by atoms with van der Waals surface area (Å²) in [7, 11) is -1.04. The second kappa shape index (κ2) is 9.63. The lowest BCUT2D eigenvalue weighted by Gasteiger charge is -2.14. The predicted octanol–water partition coefficient (Wildman–Crippen LogP) is 3.74. The summed E-state index contributed by atoms with van der Waals surface area (Å²) in [5.41, 5.74) is 2.42. The smallest absolute Gasteiger partial charge is 0.255 e. The number of benzene rings is 3. The zero-order chi connectivity index (χ0) is 22.4. The predicted molar refractivity (Wildman–Crippen MR) is 119 cm³/mol. The van der Waals surface area contributed by atoms with E-state index in [9.17, 15) is 13.2 Å². The molecular formula is C23H24N2O5S. The van der Waals surface area contributed by atoms with Gasteiger partial charge in [0.05, 0.1) is 19.9 Å². The number of ether oxygens (including phenoxy) is 2. The molecule has 0 bridgehead atoms. The van der Waals surface area contributed by atoms with Crippen molar-refractivity contribution in [3.05, 3.63) is 83.4 Å². The molecule has 0 spiro atoms. The van der Waals surface area contributed by atoms with Gasteiger partial charge in [0.15, 0.2) is 0 Å². The van der Waals surface area contributed by atoms with E-state index in [0.29, 0.717) is 11.4 Å². The monoisotopic (exact) mass is 440 g/mol. The van der Waals surface area contributed by atoms with Gasteiger partial charge in [-0.3, -0.25) is 4.79 Å². The van der Waals surface area contributed by atoms with E-state index in [2.05, 4.69) is 10.0 Å². The summed E-state index contributed by atoms with van der Waals surface area (Å²) in [6, 6.07) is 18.8. The van der Waals surface area contributed by atoms with E-state index in [4.69, 9.17) is 9.47 Å². The highest BCUT2D eigenvalue weighted by atomic mass is 32.2. The van der Waals surface area contributed by atoms with E-state index in [0.717, 1.165) is 11.1 Å². The van der Waals surface area contributed by atoms with Gasteiger partial charge in [-0.2, -0.15) is 0 Å². The van der Waals surface area contributed by atoms with Gasteiger partial charge in [0, 0.05) is 12.1 Å². The van der Waals surface area contributed by atoms with E-state index in [1.807, 2.05) is 43.3 Å². The molecule has 0 fully saturated rings. The fourth-order valence-electron chi connectivity index (χ4n) is 2.99. The van der Waals surface area contributed by atoms with Crippen LogP contribution in [0.4, 0.5) is 5.69 Å². The molecule has 0 saturated carbocycles. The molecule has 3 aromatic carbocycles. The lowest BCUT2D eigenvalue weighted by molar-refractivity contribution is 0.102. The highest BCUT2D eigenvalue weighted by Crippen LogP contribution is 2.28. The number of carbonyl (C=O) groups excluding carboxylic acids is 1. The van der Waals surface area contributed by atoms with Crippen molar-refractivity contribution in [1.82, 2.24) is 4.72 Å². The van der Waals surface area contributed by atoms with Crippen LogP contribution in [0.2, 0.25) is 0 Å². The van der Waals surface area contributed by atoms with Crippen molar-refractivity contribution in [2.75, 3.05) is 19.5 Å². The summed E-state index contributed by atoms with van der Waals surface area (Å²) < 4.78 is 38.9. The number of methoxy groups -OCH3 is 2. The fourth-order valence-corrected chi connectivity index (χ4v) is 4.20. The van der Waals surface area contributed by atoms with Crippen LogP contribution >= 0.6 is 0 Å². The molecule has 0 saturated heterocycles. The van der Waals surface area contributed by atoms with Crippen LogP contribution in [0.15, 0.2) is 71.6 Å². The molecule has 8 heteroatoms. The molecule has 162 valence electrons. The Hall–Kier alpha value is -3.36. The highest BCUT2D eigenvalue weighted by Gasteiger charge is 2.22. The van der Waals surface area contributed by atoms with Crippen molar-refractivity contribution in [2.45, 2.75) is 18.4 Å². The van der Waals surface area contributed by atoms with Crippen LogP contribution in [0.25, 0.3) is 0 Å². The third kappa shape index (κ3) is 5.42. The van der Waals surface area contributed by atoms with Gasteiger partial charge in [-0.05, 0) is 48.4 Å². The van der Waals surface area contributed by atoms with Crippen molar-refractivity contribution < 1.29 is 22.7 Å². The summed E-state index contributed by atoms with van der Waals surface area (Å²) in [6.45, 7) is 2.01. The molecule has 0 aliphatic heterocycles. The highest BCUT2D eigenvalue weighted by molar-refractivity contribution is 7.89. The van der Waals surface area contributed by atoms with Crippen LogP contribution in [-0.2, 0) is 16.6 Å². The minimum atomic E-state index is -3.93. The average Bonchev–Trinajstić information content (AvgIpc) is 2.78. The number of hydrogen-bond acceptors (Lipinski definition) is 5. The zero-order valence-electron chi connectivity index (χ0n) is 17.5. The maximum atomic E-state index is 12.9. The molecule has 2 N–H and O–H groups in total. The summed E-state index contributed by atoms with van der Waals surface area (Å²) in [6.07, 6.45) is 0. The van der Waals surface area contributed by atoms with Crippen LogP contribution in [0.3, 0.4) is 0 Å².